The normalized spacial score (nSPS) is 22.9. The summed E-state index contributed by atoms with van der Waals surface area (Å²) in [6.07, 6.45) is 6.82. The van der Waals surface area contributed by atoms with E-state index in [1.807, 2.05) is 0 Å². The molecule has 1 aliphatic heterocycles. The van der Waals surface area contributed by atoms with Crippen LogP contribution in [0.4, 0.5) is 0 Å². The monoisotopic (exact) mass is 242 g/mol. The molecule has 0 amide bonds. The van der Waals surface area contributed by atoms with E-state index in [0.29, 0.717) is 12.1 Å². The predicted octanol–water partition coefficient (Wildman–Crippen LogP) is 2.31. The lowest BCUT2D eigenvalue weighted by molar-refractivity contribution is 0.0767. The van der Waals surface area contributed by atoms with Crippen LogP contribution in [0.1, 0.15) is 52.9 Å². The Balaban J connectivity index is 1.95. The Labute approximate surface area is 107 Å². The highest BCUT2D eigenvalue weighted by atomic mass is 16.5. The maximum atomic E-state index is 5.52. The van der Waals surface area contributed by atoms with Crippen LogP contribution in [0.5, 0.6) is 0 Å². The van der Waals surface area contributed by atoms with Gasteiger partial charge in [0, 0.05) is 18.7 Å². The Morgan fingerprint density at radius 1 is 1.29 bits per heavy atom. The van der Waals surface area contributed by atoms with Gasteiger partial charge in [-0.2, -0.15) is 0 Å². The van der Waals surface area contributed by atoms with Crippen LogP contribution >= 0.6 is 0 Å². The van der Waals surface area contributed by atoms with E-state index in [2.05, 4.69) is 31.4 Å². The van der Waals surface area contributed by atoms with Crippen molar-refractivity contribution in [1.82, 2.24) is 10.6 Å². The molecule has 1 aliphatic rings. The van der Waals surface area contributed by atoms with Crippen molar-refractivity contribution in [3.8, 4) is 0 Å². The minimum absolute atomic E-state index is 0.360. The molecule has 0 aliphatic carbocycles. The summed E-state index contributed by atoms with van der Waals surface area (Å²) in [7, 11) is 0. The van der Waals surface area contributed by atoms with Crippen LogP contribution in [0, 0.1) is 0 Å². The van der Waals surface area contributed by atoms with Gasteiger partial charge < -0.3 is 15.4 Å². The van der Waals surface area contributed by atoms with Gasteiger partial charge in [0.15, 0.2) is 0 Å². The number of nitrogens with one attached hydrogen (secondary N) is 2. The van der Waals surface area contributed by atoms with E-state index >= 15 is 0 Å². The largest absolute Gasteiger partial charge is 0.379 e. The zero-order chi connectivity index (χ0) is 12.5. The Morgan fingerprint density at radius 2 is 2.12 bits per heavy atom. The minimum Gasteiger partial charge on any atom is -0.379 e. The van der Waals surface area contributed by atoms with Gasteiger partial charge in [0.05, 0.1) is 6.10 Å². The second kappa shape index (κ2) is 8.90. The average molecular weight is 242 g/mol. The van der Waals surface area contributed by atoms with Crippen molar-refractivity contribution in [2.45, 2.75) is 71.1 Å². The summed E-state index contributed by atoms with van der Waals surface area (Å²) >= 11 is 0. The first-order chi connectivity index (χ1) is 8.18. The van der Waals surface area contributed by atoms with Gasteiger partial charge in [-0.3, -0.25) is 0 Å². The quantitative estimate of drug-likeness (QED) is 0.641. The van der Waals surface area contributed by atoms with E-state index < -0.39 is 0 Å². The van der Waals surface area contributed by atoms with E-state index in [4.69, 9.17) is 4.74 Å². The van der Waals surface area contributed by atoms with Crippen molar-refractivity contribution in [2.75, 3.05) is 19.7 Å². The second-order valence-corrected chi connectivity index (χ2v) is 5.51. The molecule has 3 heteroatoms. The SMILES string of the molecule is CC(CC1CCCCN1)NCCCOC(C)C. The van der Waals surface area contributed by atoms with Crippen LogP contribution in [-0.2, 0) is 4.74 Å². The molecule has 0 saturated carbocycles. The Hall–Kier alpha value is -0.120. The van der Waals surface area contributed by atoms with E-state index in [0.717, 1.165) is 25.6 Å². The molecule has 102 valence electrons. The third kappa shape index (κ3) is 7.74. The molecule has 0 bridgehead atoms. The molecule has 0 radical (unpaired) electrons. The first kappa shape index (κ1) is 14.9. The molecular weight excluding hydrogens is 212 g/mol. The Bertz CT molecular complexity index is 179. The van der Waals surface area contributed by atoms with Crippen molar-refractivity contribution in [1.29, 1.82) is 0 Å². The van der Waals surface area contributed by atoms with Crippen LogP contribution in [-0.4, -0.2) is 37.9 Å². The lowest BCUT2D eigenvalue weighted by atomic mass is 9.99. The maximum absolute atomic E-state index is 5.52. The predicted molar refractivity (Wildman–Crippen MR) is 73.4 cm³/mol. The van der Waals surface area contributed by atoms with Crippen molar-refractivity contribution < 1.29 is 4.74 Å². The molecule has 1 rings (SSSR count). The highest BCUT2D eigenvalue weighted by Gasteiger charge is 2.14. The highest BCUT2D eigenvalue weighted by molar-refractivity contribution is 4.76. The number of ether oxygens (including phenoxy) is 1. The molecule has 0 spiro atoms. The second-order valence-electron chi connectivity index (χ2n) is 5.51. The number of hydrogen-bond acceptors (Lipinski definition) is 3. The Kier molecular flexibility index (Phi) is 7.82. The van der Waals surface area contributed by atoms with Crippen molar-refractivity contribution >= 4 is 0 Å². The number of rotatable bonds is 8. The lowest BCUT2D eigenvalue weighted by Gasteiger charge is -2.26. The van der Waals surface area contributed by atoms with Crippen LogP contribution in [0.25, 0.3) is 0 Å². The topological polar surface area (TPSA) is 33.3 Å². The molecule has 1 fully saturated rings. The number of hydrogen-bond donors (Lipinski definition) is 2. The van der Waals surface area contributed by atoms with Gasteiger partial charge in [0.1, 0.15) is 0 Å². The Morgan fingerprint density at radius 3 is 2.76 bits per heavy atom. The van der Waals surface area contributed by atoms with Crippen LogP contribution in [0.3, 0.4) is 0 Å². The van der Waals surface area contributed by atoms with Crippen LogP contribution in [0.15, 0.2) is 0 Å². The molecule has 0 aromatic carbocycles. The fourth-order valence-corrected chi connectivity index (χ4v) is 2.37. The molecule has 2 unspecified atom stereocenters. The standard InChI is InChI=1S/C14H30N2O/c1-12(2)17-10-6-9-15-13(3)11-14-7-4-5-8-16-14/h12-16H,4-11H2,1-3H3. The molecule has 3 nitrogen and oxygen atoms in total. The first-order valence-corrected chi connectivity index (χ1v) is 7.27. The smallest absolute Gasteiger partial charge is 0.0518 e. The lowest BCUT2D eigenvalue weighted by Crippen LogP contribution is -2.40. The molecule has 1 heterocycles. The molecule has 2 N–H and O–H groups in total. The summed E-state index contributed by atoms with van der Waals surface area (Å²) in [5.74, 6) is 0. The summed E-state index contributed by atoms with van der Waals surface area (Å²) in [6.45, 7) is 9.62. The van der Waals surface area contributed by atoms with E-state index in [1.54, 1.807) is 0 Å². The summed E-state index contributed by atoms with van der Waals surface area (Å²) in [6, 6.07) is 1.35. The third-order valence-corrected chi connectivity index (χ3v) is 3.32. The van der Waals surface area contributed by atoms with Gasteiger partial charge in [-0.25, -0.2) is 0 Å². The number of piperidine rings is 1. The summed E-state index contributed by atoms with van der Waals surface area (Å²) in [4.78, 5) is 0. The van der Waals surface area contributed by atoms with Gasteiger partial charge in [-0.05, 0) is 59.5 Å². The summed E-state index contributed by atoms with van der Waals surface area (Å²) < 4.78 is 5.52. The van der Waals surface area contributed by atoms with Crippen molar-refractivity contribution in [3.05, 3.63) is 0 Å². The van der Waals surface area contributed by atoms with Crippen molar-refractivity contribution in [2.24, 2.45) is 0 Å². The van der Waals surface area contributed by atoms with E-state index in [9.17, 15) is 0 Å². The van der Waals surface area contributed by atoms with Crippen LogP contribution in [0.2, 0.25) is 0 Å². The van der Waals surface area contributed by atoms with Crippen LogP contribution < -0.4 is 10.6 Å². The van der Waals surface area contributed by atoms with Gasteiger partial charge >= 0.3 is 0 Å². The molecule has 1 saturated heterocycles. The maximum Gasteiger partial charge on any atom is 0.0518 e. The van der Waals surface area contributed by atoms with Gasteiger partial charge in [-0.15, -0.1) is 0 Å². The third-order valence-electron chi connectivity index (χ3n) is 3.32. The summed E-state index contributed by atoms with van der Waals surface area (Å²) in [5.41, 5.74) is 0. The molecular formula is C14H30N2O. The zero-order valence-electron chi connectivity index (χ0n) is 11.8. The molecule has 17 heavy (non-hydrogen) atoms. The van der Waals surface area contributed by atoms with Gasteiger partial charge in [0.25, 0.3) is 0 Å². The minimum atomic E-state index is 0.360. The zero-order valence-corrected chi connectivity index (χ0v) is 11.8. The first-order valence-electron chi connectivity index (χ1n) is 7.27. The van der Waals surface area contributed by atoms with E-state index in [1.165, 1.54) is 32.2 Å². The fraction of sp³-hybridized carbons (Fsp3) is 1.00. The molecule has 2 atom stereocenters. The van der Waals surface area contributed by atoms with Gasteiger partial charge in [0.2, 0.25) is 0 Å². The van der Waals surface area contributed by atoms with Gasteiger partial charge in [-0.1, -0.05) is 6.42 Å². The van der Waals surface area contributed by atoms with E-state index in [-0.39, 0.29) is 0 Å². The fourth-order valence-electron chi connectivity index (χ4n) is 2.37. The molecule has 0 aromatic rings. The highest BCUT2D eigenvalue weighted by Crippen LogP contribution is 2.11. The molecule has 0 aromatic heterocycles. The summed E-state index contributed by atoms with van der Waals surface area (Å²) in [5, 5.41) is 7.19. The van der Waals surface area contributed by atoms with Crippen molar-refractivity contribution in [3.63, 3.8) is 0 Å². The average Bonchev–Trinajstić information content (AvgIpc) is 2.29.